The SMILES string of the molecule is CC(N)C(=O)NC(C)C(=O)NC(Cc1ccc(O)cc1)C(=O)NC(C(=O)O)C(C)O. The Hall–Kier alpha value is -3.18. The highest BCUT2D eigenvalue weighted by Crippen LogP contribution is 2.12. The Morgan fingerprint density at radius 2 is 1.50 bits per heavy atom. The van der Waals surface area contributed by atoms with Crippen molar-refractivity contribution in [1.82, 2.24) is 16.0 Å². The largest absolute Gasteiger partial charge is 0.508 e. The molecule has 5 unspecified atom stereocenters. The van der Waals surface area contributed by atoms with Gasteiger partial charge in [0.25, 0.3) is 0 Å². The van der Waals surface area contributed by atoms with Gasteiger partial charge in [0.15, 0.2) is 6.04 Å². The molecule has 0 aromatic heterocycles. The van der Waals surface area contributed by atoms with Crippen LogP contribution in [0.15, 0.2) is 24.3 Å². The van der Waals surface area contributed by atoms with Gasteiger partial charge in [-0.25, -0.2) is 4.79 Å². The van der Waals surface area contributed by atoms with Crippen molar-refractivity contribution < 1.29 is 34.5 Å². The minimum atomic E-state index is -1.58. The Morgan fingerprint density at radius 3 is 1.97 bits per heavy atom. The Bertz CT molecular complexity index is 765. The molecule has 0 bridgehead atoms. The van der Waals surface area contributed by atoms with Crippen molar-refractivity contribution in [3.05, 3.63) is 29.8 Å². The molecule has 5 atom stereocenters. The zero-order chi connectivity index (χ0) is 23.0. The number of carboxylic acid groups (broad SMARTS) is 1. The molecule has 1 aromatic carbocycles. The minimum absolute atomic E-state index is 0.0103. The van der Waals surface area contributed by atoms with E-state index in [-0.39, 0.29) is 12.2 Å². The highest BCUT2D eigenvalue weighted by atomic mass is 16.4. The molecule has 8 N–H and O–H groups in total. The molecular weight excluding hydrogens is 396 g/mol. The predicted octanol–water partition coefficient (Wildman–Crippen LogP) is -1.78. The molecule has 0 heterocycles. The molecule has 0 fully saturated rings. The first kappa shape index (κ1) is 24.9. The number of aliphatic hydroxyl groups is 1. The van der Waals surface area contributed by atoms with Crippen LogP contribution in [0.25, 0.3) is 0 Å². The van der Waals surface area contributed by atoms with Gasteiger partial charge in [0, 0.05) is 6.42 Å². The lowest BCUT2D eigenvalue weighted by molar-refractivity contribution is -0.145. The molecule has 3 amide bonds. The molecule has 166 valence electrons. The van der Waals surface area contributed by atoms with Gasteiger partial charge in [-0.15, -0.1) is 0 Å². The lowest BCUT2D eigenvalue weighted by Crippen LogP contribution is -2.58. The van der Waals surface area contributed by atoms with Crippen LogP contribution in [0.2, 0.25) is 0 Å². The number of benzene rings is 1. The van der Waals surface area contributed by atoms with Crippen molar-refractivity contribution in [3.63, 3.8) is 0 Å². The van der Waals surface area contributed by atoms with Crippen molar-refractivity contribution in [2.75, 3.05) is 0 Å². The van der Waals surface area contributed by atoms with Crippen molar-refractivity contribution in [3.8, 4) is 5.75 Å². The first-order chi connectivity index (χ1) is 13.9. The number of aliphatic carboxylic acids is 1. The molecule has 11 heteroatoms. The van der Waals surface area contributed by atoms with Gasteiger partial charge in [0.2, 0.25) is 17.7 Å². The second-order valence-electron chi connectivity index (χ2n) is 7.02. The summed E-state index contributed by atoms with van der Waals surface area (Å²) in [7, 11) is 0. The monoisotopic (exact) mass is 424 g/mol. The number of aliphatic hydroxyl groups excluding tert-OH is 1. The smallest absolute Gasteiger partial charge is 0.328 e. The van der Waals surface area contributed by atoms with Gasteiger partial charge in [0.1, 0.15) is 17.8 Å². The van der Waals surface area contributed by atoms with E-state index >= 15 is 0 Å². The summed E-state index contributed by atoms with van der Waals surface area (Å²) >= 11 is 0. The second kappa shape index (κ2) is 11.1. The number of carbonyl (C=O) groups excluding carboxylic acids is 3. The number of nitrogens with two attached hydrogens (primary N) is 1. The van der Waals surface area contributed by atoms with E-state index in [0.29, 0.717) is 5.56 Å². The summed E-state index contributed by atoms with van der Waals surface area (Å²) in [6.07, 6.45) is -1.40. The zero-order valence-corrected chi connectivity index (χ0v) is 17.0. The Balaban J connectivity index is 3.00. The Morgan fingerprint density at radius 1 is 0.933 bits per heavy atom. The van der Waals surface area contributed by atoms with E-state index < -0.39 is 54.0 Å². The van der Waals surface area contributed by atoms with Gasteiger partial charge in [-0.05, 0) is 38.5 Å². The highest BCUT2D eigenvalue weighted by molar-refractivity contribution is 5.94. The van der Waals surface area contributed by atoms with E-state index in [1.54, 1.807) is 0 Å². The zero-order valence-electron chi connectivity index (χ0n) is 17.0. The summed E-state index contributed by atoms with van der Waals surface area (Å²) in [4.78, 5) is 48.1. The number of nitrogens with one attached hydrogen (secondary N) is 3. The molecule has 0 spiro atoms. The van der Waals surface area contributed by atoms with Crippen LogP contribution in [0.3, 0.4) is 0 Å². The van der Waals surface area contributed by atoms with E-state index in [9.17, 15) is 29.4 Å². The van der Waals surface area contributed by atoms with E-state index in [2.05, 4.69) is 16.0 Å². The number of hydrogen-bond acceptors (Lipinski definition) is 7. The maximum Gasteiger partial charge on any atom is 0.328 e. The first-order valence-corrected chi connectivity index (χ1v) is 9.27. The van der Waals surface area contributed by atoms with E-state index in [1.807, 2.05) is 0 Å². The molecule has 0 aliphatic rings. The number of rotatable bonds is 10. The van der Waals surface area contributed by atoms with Crippen LogP contribution in [-0.4, -0.2) is 69.3 Å². The maximum absolute atomic E-state index is 12.7. The molecule has 0 aliphatic heterocycles. The molecule has 0 saturated carbocycles. The summed E-state index contributed by atoms with van der Waals surface area (Å²) in [5.74, 6) is -3.51. The average Bonchev–Trinajstić information content (AvgIpc) is 2.66. The topological polar surface area (TPSA) is 191 Å². The van der Waals surface area contributed by atoms with Gasteiger partial charge in [-0.2, -0.15) is 0 Å². The lowest BCUT2D eigenvalue weighted by Gasteiger charge is -2.24. The van der Waals surface area contributed by atoms with Crippen molar-refractivity contribution >= 4 is 23.7 Å². The van der Waals surface area contributed by atoms with Crippen molar-refractivity contribution in [2.45, 2.75) is 57.5 Å². The number of carboxylic acids is 1. The fourth-order valence-electron chi connectivity index (χ4n) is 2.43. The summed E-state index contributed by atoms with van der Waals surface area (Å²) < 4.78 is 0. The van der Waals surface area contributed by atoms with Gasteiger partial charge < -0.3 is 37.0 Å². The van der Waals surface area contributed by atoms with E-state index in [0.717, 1.165) is 0 Å². The summed E-state index contributed by atoms with van der Waals surface area (Å²) in [6.45, 7) is 4.06. The third kappa shape index (κ3) is 7.68. The number of hydrogen-bond donors (Lipinski definition) is 7. The van der Waals surface area contributed by atoms with Crippen LogP contribution in [0, 0.1) is 0 Å². The minimum Gasteiger partial charge on any atom is -0.508 e. The lowest BCUT2D eigenvalue weighted by atomic mass is 10.0. The maximum atomic E-state index is 12.7. The van der Waals surface area contributed by atoms with Crippen LogP contribution in [0.5, 0.6) is 5.75 Å². The molecule has 30 heavy (non-hydrogen) atoms. The van der Waals surface area contributed by atoms with Gasteiger partial charge in [-0.1, -0.05) is 12.1 Å². The summed E-state index contributed by atoms with van der Waals surface area (Å²) in [6, 6.07) is 1.23. The van der Waals surface area contributed by atoms with Gasteiger partial charge in [0.05, 0.1) is 12.1 Å². The first-order valence-electron chi connectivity index (χ1n) is 9.27. The average molecular weight is 424 g/mol. The Kier molecular flexibility index (Phi) is 9.21. The third-order valence-electron chi connectivity index (χ3n) is 4.22. The van der Waals surface area contributed by atoms with E-state index in [4.69, 9.17) is 10.8 Å². The molecular formula is C19H28N4O7. The molecule has 1 aromatic rings. The fraction of sp³-hybridized carbons (Fsp3) is 0.474. The number of aromatic hydroxyl groups is 1. The standard InChI is InChI=1S/C19H28N4O7/c1-9(20)16(26)21-10(2)17(27)22-14(8-12-4-6-13(25)7-5-12)18(28)23-15(11(3)24)19(29)30/h4-7,9-11,14-15,24-25H,8,20H2,1-3H3,(H,21,26)(H,22,27)(H,23,28)(H,29,30). The second-order valence-corrected chi connectivity index (χ2v) is 7.02. The normalized spacial score (nSPS) is 15.8. The summed E-state index contributed by atoms with van der Waals surface area (Å²) in [5.41, 5.74) is 6.03. The van der Waals surface area contributed by atoms with E-state index in [1.165, 1.54) is 45.0 Å². The quantitative estimate of drug-likeness (QED) is 0.229. The molecule has 0 aliphatic carbocycles. The van der Waals surface area contributed by atoms with Crippen LogP contribution in [0.1, 0.15) is 26.3 Å². The number of phenolic OH excluding ortho intramolecular Hbond substituents is 1. The number of phenols is 1. The fourth-order valence-corrected chi connectivity index (χ4v) is 2.43. The van der Waals surface area contributed by atoms with Gasteiger partial charge >= 0.3 is 5.97 Å². The molecule has 11 nitrogen and oxygen atoms in total. The van der Waals surface area contributed by atoms with Crippen LogP contribution in [-0.2, 0) is 25.6 Å². The molecule has 1 rings (SSSR count). The highest BCUT2D eigenvalue weighted by Gasteiger charge is 2.30. The summed E-state index contributed by atoms with van der Waals surface area (Å²) in [5, 5.41) is 35.2. The number of carbonyl (C=O) groups is 4. The van der Waals surface area contributed by atoms with Crippen LogP contribution < -0.4 is 21.7 Å². The molecule has 0 saturated heterocycles. The Labute approximate surface area is 173 Å². The predicted molar refractivity (Wildman–Crippen MR) is 106 cm³/mol. The van der Waals surface area contributed by atoms with Gasteiger partial charge in [-0.3, -0.25) is 14.4 Å². The third-order valence-corrected chi connectivity index (χ3v) is 4.22. The van der Waals surface area contributed by atoms with Crippen LogP contribution in [0.4, 0.5) is 0 Å². The van der Waals surface area contributed by atoms with Crippen molar-refractivity contribution in [1.29, 1.82) is 0 Å². The van der Waals surface area contributed by atoms with Crippen molar-refractivity contribution in [2.24, 2.45) is 5.73 Å². The van der Waals surface area contributed by atoms with Crippen LogP contribution >= 0.6 is 0 Å². The number of amides is 3. The molecule has 0 radical (unpaired) electrons.